The summed E-state index contributed by atoms with van der Waals surface area (Å²) in [6.45, 7) is 0.417. The molecule has 0 unspecified atom stereocenters. The van der Waals surface area contributed by atoms with Crippen molar-refractivity contribution in [2.24, 2.45) is 0 Å². The van der Waals surface area contributed by atoms with Crippen molar-refractivity contribution in [2.45, 2.75) is 6.54 Å². The van der Waals surface area contributed by atoms with Crippen molar-refractivity contribution >= 4 is 40.6 Å². The summed E-state index contributed by atoms with van der Waals surface area (Å²) >= 11 is 5.86. The molecule has 0 fully saturated rings. The van der Waals surface area contributed by atoms with E-state index in [2.05, 4.69) is 10.6 Å². The van der Waals surface area contributed by atoms with Crippen LogP contribution in [0.1, 0.15) is 5.56 Å². The highest BCUT2D eigenvalue weighted by Crippen LogP contribution is 2.35. The molecule has 0 aliphatic carbocycles. The zero-order chi connectivity index (χ0) is 20.2. The fourth-order valence-corrected chi connectivity index (χ4v) is 3.17. The average molecular weight is 408 g/mol. The molecule has 0 spiro atoms. The molecule has 3 aromatic carbocycles. The maximum atomic E-state index is 12.5. The van der Waals surface area contributed by atoms with Crippen molar-refractivity contribution in [2.75, 3.05) is 22.1 Å². The number of hydrogen-bond donors (Lipinski definition) is 2. The summed E-state index contributed by atoms with van der Waals surface area (Å²) in [4.78, 5) is 26.4. The van der Waals surface area contributed by atoms with Crippen LogP contribution in [0, 0.1) is 0 Å². The highest BCUT2D eigenvalue weighted by atomic mass is 35.5. The number of halogens is 1. The molecule has 4 rings (SSSR count). The molecule has 0 aromatic heterocycles. The maximum absolute atomic E-state index is 12.5. The SMILES string of the molecule is O=C(Nc1ccc(Cl)cc1)Nc1ccc2c(c1)N(Cc1ccccc1)C(=O)CO2. The molecule has 0 atom stereocenters. The molecule has 0 saturated carbocycles. The molecule has 6 nitrogen and oxygen atoms in total. The first-order valence-corrected chi connectivity index (χ1v) is 9.41. The van der Waals surface area contributed by atoms with Crippen LogP contribution in [0.3, 0.4) is 0 Å². The molecule has 0 saturated heterocycles. The highest BCUT2D eigenvalue weighted by molar-refractivity contribution is 6.30. The second-order valence-electron chi connectivity index (χ2n) is 6.52. The zero-order valence-corrected chi connectivity index (χ0v) is 16.1. The Bertz CT molecular complexity index is 1040. The van der Waals surface area contributed by atoms with Gasteiger partial charge in [0.15, 0.2) is 6.61 Å². The number of benzene rings is 3. The Kier molecular flexibility index (Phi) is 5.35. The third-order valence-corrected chi connectivity index (χ3v) is 4.70. The van der Waals surface area contributed by atoms with Gasteiger partial charge in [-0.05, 0) is 48.0 Å². The van der Waals surface area contributed by atoms with Gasteiger partial charge in [-0.15, -0.1) is 0 Å². The van der Waals surface area contributed by atoms with E-state index in [0.29, 0.717) is 34.4 Å². The standard InChI is InChI=1S/C22H18ClN3O3/c23-16-6-8-17(9-7-16)24-22(28)25-18-10-11-20-19(12-18)26(21(27)14-29-20)13-15-4-2-1-3-5-15/h1-12H,13-14H2,(H2,24,25,28). The molecule has 3 amide bonds. The first-order valence-electron chi connectivity index (χ1n) is 9.03. The summed E-state index contributed by atoms with van der Waals surface area (Å²) in [6.07, 6.45) is 0. The van der Waals surface area contributed by atoms with Gasteiger partial charge in [0.25, 0.3) is 5.91 Å². The van der Waals surface area contributed by atoms with Crippen LogP contribution in [0.25, 0.3) is 0 Å². The van der Waals surface area contributed by atoms with E-state index in [1.807, 2.05) is 30.3 Å². The van der Waals surface area contributed by atoms with Crippen molar-refractivity contribution in [1.82, 2.24) is 0 Å². The first-order chi connectivity index (χ1) is 14.1. The molecule has 1 heterocycles. The molecule has 146 valence electrons. The predicted octanol–water partition coefficient (Wildman–Crippen LogP) is 4.91. The second kappa shape index (κ2) is 8.24. The Morgan fingerprint density at radius 3 is 2.41 bits per heavy atom. The van der Waals surface area contributed by atoms with Gasteiger partial charge in [-0.3, -0.25) is 4.79 Å². The van der Waals surface area contributed by atoms with Crippen LogP contribution in [0.5, 0.6) is 5.75 Å². The van der Waals surface area contributed by atoms with Crippen molar-refractivity contribution < 1.29 is 14.3 Å². The van der Waals surface area contributed by atoms with Crippen LogP contribution in [-0.2, 0) is 11.3 Å². The van der Waals surface area contributed by atoms with E-state index in [4.69, 9.17) is 16.3 Å². The van der Waals surface area contributed by atoms with Crippen LogP contribution in [0.15, 0.2) is 72.8 Å². The summed E-state index contributed by atoms with van der Waals surface area (Å²) in [5.74, 6) is 0.466. The first kappa shape index (κ1) is 18.8. The minimum atomic E-state index is -0.398. The third kappa shape index (κ3) is 4.50. The van der Waals surface area contributed by atoms with Crippen molar-refractivity contribution in [1.29, 1.82) is 0 Å². The highest BCUT2D eigenvalue weighted by Gasteiger charge is 2.26. The molecule has 1 aliphatic rings. The molecule has 0 radical (unpaired) electrons. The smallest absolute Gasteiger partial charge is 0.323 e. The zero-order valence-electron chi connectivity index (χ0n) is 15.4. The molecule has 7 heteroatoms. The summed E-state index contributed by atoms with van der Waals surface area (Å²) in [6, 6.07) is 21.3. The molecule has 1 aliphatic heterocycles. The molecule has 29 heavy (non-hydrogen) atoms. The van der Waals surface area contributed by atoms with Gasteiger partial charge < -0.3 is 20.3 Å². The number of amides is 3. The fraction of sp³-hybridized carbons (Fsp3) is 0.0909. The van der Waals surface area contributed by atoms with E-state index >= 15 is 0 Å². The van der Waals surface area contributed by atoms with E-state index < -0.39 is 6.03 Å². The minimum absolute atomic E-state index is 0.0103. The largest absolute Gasteiger partial charge is 0.482 e. The normalized spacial score (nSPS) is 12.7. The Balaban J connectivity index is 1.52. The second-order valence-corrected chi connectivity index (χ2v) is 6.96. The lowest BCUT2D eigenvalue weighted by Crippen LogP contribution is -2.38. The number of anilines is 3. The summed E-state index contributed by atoms with van der Waals surface area (Å²) in [7, 11) is 0. The summed E-state index contributed by atoms with van der Waals surface area (Å²) in [5, 5.41) is 6.11. The van der Waals surface area contributed by atoms with E-state index in [-0.39, 0.29) is 12.5 Å². The van der Waals surface area contributed by atoms with Gasteiger partial charge in [-0.25, -0.2) is 4.79 Å². The number of fused-ring (bicyclic) bond motifs is 1. The maximum Gasteiger partial charge on any atom is 0.323 e. The number of carbonyl (C=O) groups excluding carboxylic acids is 2. The van der Waals surface area contributed by atoms with Gasteiger partial charge in [0, 0.05) is 16.4 Å². The van der Waals surface area contributed by atoms with Crippen LogP contribution >= 0.6 is 11.6 Å². The number of hydrogen-bond acceptors (Lipinski definition) is 3. The van der Waals surface area contributed by atoms with Gasteiger partial charge in [0.1, 0.15) is 5.75 Å². The van der Waals surface area contributed by atoms with E-state index in [1.165, 1.54) is 0 Å². The number of urea groups is 1. The number of rotatable bonds is 4. The molecular weight excluding hydrogens is 390 g/mol. The molecular formula is C22H18ClN3O3. The van der Waals surface area contributed by atoms with Crippen molar-refractivity contribution in [3.05, 3.63) is 83.4 Å². The van der Waals surface area contributed by atoms with Gasteiger partial charge in [0.2, 0.25) is 0 Å². The van der Waals surface area contributed by atoms with Gasteiger partial charge in [0.05, 0.1) is 12.2 Å². The van der Waals surface area contributed by atoms with Crippen LogP contribution in [0.2, 0.25) is 5.02 Å². The van der Waals surface area contributed by atoms with E-state index in [9.17, 15) is 9.59 Å². The summed E-state index contributed by atoms with van der Waals surface area (Å²) in [5.41, 5.74) is 2.79. The Morgan fingerprint density at radius 2 is 1.66 bits per heavy atom. The van der Waals surface area contributed by atoms with Crippen LogP contribution in [-0.4, -0.2) is 18.5 Å². The Morgan fingerprint density at radius 1 is 0.966 bits per heavy atom. The molecule has 2 N–H and O–H groups in total. The predicted molar refractivity (Wildman–Crippen MR) is 114 cm³/mol. The van der Waals surface area contributed by atoms with Crippen LogP contribution in [0.4, 0.5) is 21.9 Å². The third-order valence-electron chi connectivity index (χ3n) is 4.45. The number of ether oxygens (including phenoxy) is 1. The fourth-order valence-electron chi connectivity index (χ4n) is 3.05. The number of nitrogens with one attached hydrogen (secondary N) is 2. The lowest BCUT2D eigenvalue weighted by molar-refractivity contribution is -0.121. The monoisotopic (exact) mass is 407 g/mol. The number of nitrogens with zero attached hydrogens (tertiary/aromatic N) is 1. The Hall–Kier alpha value is -3.51. The topological polar surface area (TPSA) is 70.7 Å². The average Bonchev–Trinajstić information content (AvgIpc) is 2.73. The van der Waals surface area contributed by atoms with Gasteiger partial charge in [-0.1, -0.05) is 41.9 Å². The van der Waals surface area contributed by atoms with E-state index in [1.54, 1.807) is 47.4 Å². The van der Waals surface area contributed by atoms with Gasteiger partial charge >= 0.3 is 6.03 Å². The quantitative estimate of drug-likeness (QED) is 0.645. The number of carbonyl (C=O) groups is 2. The van der Waals surface area contributed by atoms with E-state index in [0.717, 1.165) is 5.56 Å². The lowest BCUT2D eigenvalue weighted by Gasteiger charge is -2.30. The van der Waals surface area contributed by atoms with Crippen molar-refractivity contribution in [3.8, 4) is 5.75 Å². The lowest BCUT2D eigenvalue weighted by atomic mass is 10.1. The minimum Gasteiger partial charge on any atom is -0.482 e. The van der Waals surface area contributed by atoms with Gasteiger partial charge in [-0.2, -0.15) is 0 Å². The molecule has 0 bridgehead atoms. The summed E-state index contributed by atoms with van der Waals surface area (Å²) < 4.78 is 5.54. The van der Waals surface area contributed by atoms with Crippen LogP contribution < -0.4 is 20.3 Å². The van der Waals surface area contributed by atoms with Crippen molar-refractivity contribution in [3.63, 3.8) is 0 Å². The Labute approximate surface area is 173 Å². The molecule has 3 aromatic rings.